The van der Waals surface area contributed by atoms with E-state index in [-0.39, 0.29) is 5.82 Å². The zero-order chi connectivity index (χ0) is 21.4. The topological polar surface area (TPSA) is 103 Å². The van der Waals surface area contributed by atoms with E-state index in [9.17, 15) is 4.39 Å². The molecule has 1 atom stereocenters. The van der Waals surface area contributed by atoms with Crippen molar-refractivity contribution in [1.29, 1.82) is 5.41 Å². The summed E-state index contributed by atoms with van der Waals surface area (Å²) in [5, 5.41) is 12.9. The summed E-state index contributed by atoms with van der Waals surface area (Å²) in [6.45, 7) is 4.60. The van der Waals surface area contributed by atoms with Crippen LogP contribution in [0.3, 0.4) is 0 Å². The minimum Gasteiger partial charge on any atom is -0.461 e. The van der Waals surface area contributed by atoms with E-state index in [0.29, 0.717) is 41.9 Å². The molecule has 0 saturated carbocycles. The predicted molar refractivity (Wildman–Crippen MR) is 114 cm³/mol. The molecule has 1 fully saturated rings. The smallest absolute Gasteiger partial charge is 0.217 e. The molecule has 0 aliphatic carbocycles. The van der Waals surface area contributed by atoms with Crippen LogP contribution in [0.15, 0.2) is 47.1 Å². The number of hydrogen-bond donors (Lipinski definition) is 2. The molecule has 0 radical (unpaired) electrons. The molecule has 5 rings (SSSR count). The molecule has 4 heterocycles. The summed E-state index contributed by atoms with van der Waals surface area (Å²) in [5.41, 5.74) is 7.08. The van der Waals surface area contributed by atoms with Crippen molar-refractivity contribution in [3.8, 4) is 11.6 Å². The van der Waals surface area contributed by atoms with Gasteiger partial charge in [0.1, 0.15) is 17.5 Å². The molecule has 31 heavy (non-hydrogen) atoms. The Bertz CT molecular complexity index is 1060. The van der Waals surface area contributed by atoms with Gasteiger partial charge in [0.05, 0.1) is 18.4 Å². The lowest BCUT2D eigenvalue weighted by atomic mass is 10.2. The normalized spacial score (nSPS) is 19.7. The molecular formula is C21H25FN8O. The minimum atomic E-state index is -0.577. The molecule has 2 aliphatic rings. The SMILES string of the molecule is N=C1Cc2nc(-c3ccco3)nn2C(N)N1CCN1CCN(c2ccccc2F)CC1. The third kappa shape index (κ3) is 3.79. The number of halogens is 1. The van der Waals surface area contributed by atoms with Gasteiger partial charge in [-0.2, -0.15) is 0 Å². The van der Waals surface area contributed by atoms with Gasteiger partial charge in [-0.3, -0.25) is 16.0 Å². The summed E-state index contributed by atoms with van der Waals surface area (Å²) < 4.78 is 21.1. The Labute approximate surface area is 179 Å². The summed E-state index contributed by atoms with van der Waals surface area (Å²) in [6.07, 6.45) is 1.38. The van der Waals surface area contributed by atoms with Crippen molar-refractivity contribution in [3.63, 3.8) is 0 Å². The minimum absolute atomic E-state index is 0.179. The Hall–Kier alpha value is -3.24. The molecule has 3 N–H and O–H groups in total. The molecule has 10 heteroatoms. The van der Waals surface area contributed by atoms with Crippen LogP contribution in [0.5, 0.6) is 0 Å². The second-order valence-corrected chi connectivity index (χ2v) is 7.78. The summed E-state index contributed by atoms with van der Waals surface area (Å²) in [4.78, 5) is 10.7. The Morgan fingerprint density at radius 2 is 1.90 bits per heavy atom. The van der Waals surface area contributed by atoms with Gasteiger partial charge >= 0.3 is 0 Å². The van der Waals surface area contributed by atoms with Gasteiger partial charge in [0.25, 0.3) is 0 Å². The van der Waals surface area contributed by atoms with Crippen LogP contribution in [-0.4, -0.2) is 69.7 Å². The first-order valence-electron chi connectivity index (χ1n) is 10.4. The number of fused-ring (bicyclic) bond motifs is 1. The highest BCUT2D eigenvalue weighted by Crippen LogP contribution is 2.23. The number of amidine groups is 1. The van der Waals surface area contributed by atoms with Gasteiger partial charge in [0, 0.05) is 39.3 Å². The van der Waals surface area contributed by atoms with Crippen LogP contribution in [0.25, 0.3) is 11.6 Å². The zero-order valence-electron chi connectivity index (χ0n) is 17.1. The highest BCUT2D eigenvalue weighted by molar-refractivity contribution is 5.82. The second kappa shape index (κ2) is 8.12. The number of nitrogens with one attached hydrogen (secondary N) is 1. The van der Waals surface area contributed by atoms with Crippen LogP contribution in [0.4, 0.5) is 10.1 Å². The summed E-state index contributed by atoms with van der Waals surface area (Å²) >= 11 is 0. The highest BCUT2D eigenvalue weighted by atomic mass is 19.1. The van der Waals surface area contributed by atoms with Gasteiger partial charge in [-0.15, -0.1) is 5.10 Å². The van der Waals surface area contributed by atoms with Crippen molar-refractivity contribution in [2.24, 2.45) is 5.73 Å². The molecule has 2 aromatic heterocycles. The lowest BCUT2D eigenvalue weighted by Crippen LogP contribution is -2.53. The largest absolute Gasteiger partial charge is 0.461 e. The Kier molecular flexibility index (Phi) is 5.16. The molecule has 1 aromatic carbocycles. The third-order valence-electron chi connectivity index (χ3n) is 5.91. The maximum absolute atomic E-state index is 14.0. The number of benzene rings is 1. The van der Waals surface area contributed by atoms with Crippen LogP contribution in [-0.2, 0) is 6.42 Å². The maximum Gasteiger partial charge on any atom is 0.217 e. The monoisotopic (exact) mass is 424 g/mol. The quantitative estimate of drug-likeness (QED) is 0.643. The predicted octanol–water partition coefficient (Wildman–Crippen LogP) is 1.75. The molecule has 1 unspecified atom stereocenters. The number of para-hydroxylation sites is 1. The third-order valence-corrected chi connectivity index (χ3v) is 5.91. The van der Waals surface area contributed by atoms with E-state index in [0.717, 1.165) is 32.7 Å². The second-order valence-electron chi connectivity index (χ2n) is 7.78. The van der Waals surface area contributed by atoms with Crippen LogP contribution in [0, 0.1) is 11.2 Å². The van der Waals surface area contributed by atoms with E-state index in [1.165, 1.54) is 6.07 Å². The van der Waals surface area contributed by atoms with Crippen LogP contribution < -0.4 is 10.6 Å². The number of hydrogen-bond acceptors (Lipinski definition) is 7. The summed E-state index contributed by atoms with van der Waals surface area (Å²) in [6, 6.07) is 10.5. The molecule has 162 valence electrons. The van der Waals surface area contributed by atoms with Crippen molar-refractivity contribution < 1.29 is 8.81 Å². The van der Waals surface area contributed by atoms with Crippen molar-refractivity contribution in [3.05, 3.63) is 54.3 Å². The van der Waals surface area contributed by atoms with Crippen molar-refractivity contribution in [2.45, 2.75) is 12.7 Å². The Balaban J connectivity index is 1.20. The molecule has 0 spiro atoms. The van der Waals surface area contributed by atoms with E-state index >= 15 is 0 Å². The number of nitrogens with zero attached hydrogens (tertiary/aromatic N) is 6. The van der Waals surface area contributed by atoms with Gasteiger partial charge in [-0.1, -0.05) is 12.1 Å². The Morgan fingerprint density at radius 3 is 2.65 bits per heavy atom. The molecule has 0 amide bonds. The number of piperazine rings is 1. The number of aromatic nitrogens is 3. The van der Waals surface area contributed by atoms with Gasteiger partial charge in [-0.25, -0.2) is 14.1 Å². The van der Waals surface area contributed by atoms with Gasteiger partial charge in [0.15, 0.2) is 12.0 Å². The number of furan rings is 1. The lowest BCUT2D eigenvalue weighted by molar-refractivity contribution is 0.164. The van der Waals surface area contributed by atoms with Crippen LogP contribution in [0.2, 0.25) is 0 Å². The average Bonchev–Trinajstić information content (AvgIpc) is 3.44. The molecule has 0 bridgehead atoms. The van der Waals surface area contributed by atoms with Crippen molar-refractivity contribution in [2.75, 3.05) is 44.2 Å². The number of rotatable bonds is 5. The first-order chi connectivity index (χ1) is 15.1. The van der Waals surface area contributed by atoms with E-state index < -0.39 is 6.29 Å². The number of anilines is 1. The van der Waals surface area contributed by atoms with E-state index in [4.69, 9.17) is 15.6 Å². The Morgan fingerprint density at radius 1 is 1.10 bits per heavy atom. The highest BCUT2D eigenvalue weighted by Gasteiger charge is 2.31. The fraction of sp³-hybridized carbons (Fsp3) is 0.381. The first-order valence-corrected chi connectivity index (χ1v) is 10.4. The van der Waals surface area contributed by atoms with Crippen molar-refractivity contribution in [1.82, 2.24) is 24.6 Å². The van der Waals surface area contributed by atoms with Gasteiger partial charge < -0.3 is 14.2 Å². The summed E-state index contributed by atoms with van der Waals surface area (Å²) in [7, 11) is 0. The van der Waals surface area contributed by atoms with Crippen LogP contribution >= 0.6 is 0 Å². The zero-order valence-corrected chi connectivity index (χ0v) is 17.1. The maximum atomic E-state index is 14.0. The molecule has 2 aliphatic heterocycles. The van der Waals surface area contributed by atoms with Gasteiger partial charge in [0.2, 0.25) is 5.82 Å². The molecule has 9 nitrogen and oxygen atoms in total. The summed E-state index contributed by atoms with van der Waals surface area (Å²) in [5.74, 6) is 1.98. The fourth-order valence-electron chi connectivity index (χ4n) is 4.18. The van der Waals surface area contributed by atoms with E-state index in [1.54, 1.807) is 29.1 Å². The molecule has 1 saturated heterocycles. The number of nitrogens with two attached hydrogens (primary N) is 1. The first kappa shape index (κ1) is 19.7. The van der Waals surface area contributed by atoms with Crippen LogP contribution in [0.1, 0.15) is 12.1 Å². The lowest BCUT2D eigenvalue weighted by Gasteiger charge is -2.39. The standard InChI is InChI=1S/C21H25FN8O/c22-15-4-1-2-5-16(15)28-10-7-27(8-11-28)9-12-29-18(23)14-19-25-20(17-6-3-13-31-17)26-30(19)21(29)24/h1-6,13,21,23H,7-12,14,24H2. The molecular weight excluding hydrogens is 399 g/mol. The molecule has 3 aromatic rings. The van der Waals surface area contributed by atoms with Gasteiger partial charge in [-0.05, 0) is 24.3 Å². The van der Waals surface area contributed by atoms with E-state index in [1.807, 2.05) is 17.0 Å². The average molecular weight is 424 g/mol. The fourth-order valence-corrected chi connectivity index (χ4v) is 4.18. The van der Waals surface area contributed by atoms with E-state index in [2.05, 4.69) is 19.9 Å². The van der Waals surface area contributed by atoms with Crippen molar-refractivity contribution >= 4 is 11.5 Å².